The summed E-state index contributed by atoms with van der Waals surface area (Å²) in [6.07, 6.45) is 7.42. The predicted molar refractivity (Wildman–Crippen MR) is 146 cm³/mol. The molecule has 12 heteroatoms. The van der Waals surface area contributed by atoms with E-state index in [4.69, 9.17) is 10.1 Å². The first-order valence-corrected chi connectivity index (χ1v) is 13.9. The molecule has 1 aromatic carbocycles. The van der Waals surface area contributed by atoms with Gasteiger partial charge < -0.3 is 9.88 Å². The van der Waals surface area contributed by atoms with Crippen LogP contribution in [0.3, 0.4) is 0 Å². The minimum absolute atomic E-state index is 0.0579. The van der Waals surface area contributed by atoms with Crippen LogP contribution in [0.2, 0.25) is 0 Å². The average molecular weight is 560 g/mol. The molecule has 0 aliphatic heterocycles. The minimum Gasteiger partial charge on any atom is -0.363 e. The summed E-state index contributed by atoms with van der Waals surface area (Å²) in [7, 11) is 0. The fourth-order valence-corrected chi connectivity index (χ4v) is 5.31. The van der Waals surface area contributed by atoms with E-state index in [1.807, 2.05) is 24.3 Å². The number of anilines is 1. The molecule has 5 aromatic rings. The van der Waals surface area contributed by atoms with Crippen LogP contribution in [0, 0.1) is 0 Å². The van der Waals surface area contributed by atoms with Crippen LogP contribution in [0.1, 0.15) is 73.6 Å². The van der Waals surface area contributed by atoms with Crippen molar-refractivity contribution in [3.8, 4) is 22.8 Å². The molecule has 4 heterocycles. The number of nitrogens with zero attached hydrogens (tertiary/aromatic N) is 8. The van der Waals surface area contributed by atoms with Gasteiger partial charge in [0.05, 0.1) is 17.0 Å². The second-order valence-electron chi connectivity index (χ2n) is 10.7. The highest BCUT2D eigenvalue weighted by molar-refractivity contribution is 5.69. The summed E-state index contributed by atoms with van der Waals surface area (Å²) in [5, 5.41) is 8.12. The number of hydrogen-bond donors (Lipinski definition) is 1. The van der Waals surface area contributed by atoms with Gasteiger partial charge in [0, 0.05) is 42.7 Å². The fourth-order valence-electron chi connectivity index (χ4n) is 5.31. The third-order valence-corrected chi connectivity index (χ3v) is 7.89. The number of aryl methyl sites for hydroxylation is 1. The summed E-state index contributed by atoms with van der Waals surface area (Å²) in [6, 6.07) is 7.49. The highest BCUT2D eigenvalue weighted by atomic mass is 19.4. The lowest BCUT2D eigenvalue weighted by Gasteiger charge is -2.28. The van der Waals surface area contributed by atoms with Gasteiger partial charge in [0.15, 0.2) is 23.0 Å². The van der Waals surface area contributed by atoms with Crippen molar-refractivity contribution < 1.29 is 13.2 Å². The largest absolute Gasteiger partial charge is 0.434 e. The van der Waals surface area contributed by atoms with Crippen LogP contribution >= 0.6 is 0 Å². The SMILES string of the molecule is CCc1ncnc(C2CC2)c1-c1nc(NCc2ccc(-c3nc(C(F)(F)F)cn3C3CCC3)cc2)c2nccn2n1. The summed E-state index contributed by atoms with van der Waals surface area (Å²) in [5.41, 5.74) is 4.13. The van der Waals surface area contributed by atoms with E-state index in [9.17, 15) is 13.2 Å². The third-order valence-electron chi connectivity index (χ3n) is 7.89. The Kier molecular flexibility index (Phi) is 6.20. The maximum atomic E-state index is 13.4. The summed E-state index contributed by atoms with van der Waals surface area (Å²) in [6.45, 7) is 2.50. The van der Waals surface area contributed by atoms with Gasteiger partial charge in [0.1, 0.15) is 12.2 Å². The zero-order chi connectivity index (χ0) is 28.1. The molecule has 4 aromatic heterocycles. The molecule has 9 nitrogen and oxygen atoms in total. The molecule has 1 N–H and O–H groups in total. The van der Waals surface area contributed by atoms with Crippen LogP contribution in [0.25, 0.3) is 28.4 Å². The Hall–Kier alpha value is -4.35. The first-order valence-electron chi connectivity index (χ1n) is 13.9. The molecule has 0 saturated heterocycles. The van der Waals surface area contributed by atoms with Crippen molar-refractivity contribution in [3.63, 3.8) is 0 Å². The molecule has 0 bridgehead atoms. The van der Waals surface area contributed by atoms with E-state index in [1.165, 1.54) is 0 Å². The van der Waals surface area contributed by atoms with Crippen molar-refractivity contribution in [1.29, 1.82) is 0 Å². The Bertz CT molecular complexity index is 1710. The van der Waals surface area contributed by atoms with E-state index in [1.54, 1.807) is 27.8 Å². The van der Waals surface area contributed by atoms with E-state index in [0.717, 1.165) is 67.2 Å². The van der Waals surface area contributed by atoms with Crippen molar-refractivity contribution >= 4 is 11.5 Å². The zero-order valence-corrected chi connectivity index (χ0v) is 22.4. The first kappa shape index (κ1) is 25.6. The number of aromatic nitrogens is 8. The first-order chi connectivity index (χ1) is 19.9. The molecule has 0 atom stereocenters. The lowest BCUT2D eigenvalue weighted by Crippen LogP contribution is -2.17. The predicted octanol–water partition coefficient (Wildman–Crippen LogP) is 6.24. The minimum atomic E-state index is -4.48. The Morgan fingerprint density at radius 2 is 1.80 bits per heavy atom. The van der Waals surface area contributed by atoms with E-state index in [2.05, 4.69) is 32.2 Å². The monoisotopic (exact) mass is 559 g/mol. The lowest BCUT2D eigenvalue weighted by atomic mass is 9.92. The Morgan fingerprint density at radius 3 is 2.49 bits per heavy atom. The molecule has 0 spiro atoms. The van der Waals surface area contributed by atoms with Crippen LogP contribution < -0.4 is 5.32 Å². The quantitative estimate of drug-likeness (QED) is 0.240. The number of rotatable bonds is 8. The molecule has 2 saturated carbocycles. The number of imidazole rings is 2. The van der Waals surface area contributed by atoms with E-state index in [0.29, 0.717) is 41.1 Å². The van der Waals surface area contributed by atoms with Gasteiger partial charge in [-0.3, -0.25) is 0 Å². The number of alkyl halides is 3. The zero-order valence-electron chi connectivity index (χ0n) is 22.4. The highest BCUT2D eigenvalue weighted by Gasteiger charge is 2.36. The standard InChI is InChI=1S/C29H28F3N9/c1-2-21-23(24(18-10-11-18)36-16-35-21)25-38-26(28-33-12-13-41(28)39-25)34-14-17-6-8-19(9-7-17)27-37-22(29(30,31)32)15-40(27)20-4-3-5-20/h6-9,12-13,15-16,18,20H,2-5,10-11,14H2,1H3,(H,34,38,39). The van der Waals surface area contributed by atoms with Crippen LogP contribution in [0.5, 0.6) is 0 Å². The highest BCUT2D eigenvalue weighted by Crippen LogP contribution is 2.43. The summed E-state index contributed by atoms with van der Waals surface area (Å²) >= 11 is 0. The molecular weight excluding hydrogens is 531 g/mol. The molecule has 0 amide bonds. The van der Waals surface area contributed by atoms with Crippen molar-refractivity contribution in [2.75, 3.05) is 5.32 Å². The van der Waals surface area contributed by atoms with Crippen LogP contribution in [-0.2, 0) is 19.1 Å². The van der Waals surface area contributed by atoms with Crippen LogP contribution in [0.4, 0.5) is 19.0 Å². The van der Waals surface area contributed by atoms with E-state index >= 15 is 0 Å². The number of hydrogen-bond acceptors (Lipinski definition) is 7. The van der Waals surface area contributed by atoms with Gasteiger partial charge in [-0.05, 0) is 44.1 Å². The van der Waals surface area contributed by atoms with Gasteiger partial charge in [-0.15, -0.1) is 5.10 Å². The topological polar surface area (TPSA) is 98.7 Å². The molecule has 41 heavy (non-hydrogen) atoms. The summed E-state index contributed by atoms with van der Waals surface area (Å²) < 4.78 is 43.7. The average Bonchev–Trinajstić information content (AvgIpc) is 3.51. The molecule has 0 radical (unpaired) electrons. The molecule has 2 aliphatic rings. The maximum absolute atomic E-state index is 13.4. The smallest absolute Gasteiger partial charge is 0.363 e. The number of halogens is 3. The van der Waals surface area contributed by atoms with Gasteiger partial charge in [-0.1, -0.05) is 31.2 Å². The van der Waals surface area contributed by atoms with E-state index < -0.39 is 11.9 Å². The van der Waals surface area contributed by atoms with Gasteiger partial charge in [-0.2, -0.15) is 13.2 Å². The Balaban J connectivity index is 1.17. The summed E-state index contributed by atoms with van der Waals surface area (Å²) in [5.74, 6) is 1.88. The number of fused-ring (bicyclic) bond motifs is 1. The fraction of sp³-hybridized carbons (Fsp3) is 0.379. The molecule has 7 rings (SSSR count). The van der Waals surface area contributed by atoms with E-state index in [-0.39, 0.29) is 6.04 Å². The van der Waals surface area contributed by atoms with Crippen molar-refractivity contribution in [2.24, 2.45) is 0 Å². The van der Waals surface area contributed by atoms with Gasteiger partial charge in [-0.25, -0.2) is 29.4 Å². The van der Waals surface area contributed by atoms with Crippen molar-refractivity contribution in [2.45, 2.75) is 70.1 Å². The maximum Gasteiger partial charge on any atom is 0.434 e. The normalized spacial score (nSPS) is 15.8. The molecular formula is C29H28F3N9. The van der Waals surface area contributed by atoms with Gasteiger partial charge in [0.2, 0.25) is 0 Å². The Morgan fingerprint density at radius 1 is 1.00 bits per heavy atom. The molecule has 0 unspecified atom stereocenters. The molecule has 210 valence electrons. The molecule has 2 aliphatic carbocycles. The van der Waals surface area contributed by atoms with Gasteiger partial charge in [0.25, 0.3) is 0 Å². The van der Waals surface area contributed by atoms with Crippen molar-refractivity contribution in [3.05, 3.63) is 71.8 Å². The lowest BCUT2D eigenvalue weighted by molar-refractivity contribution is -0.140. The van der Waals surface area contributed by atoms with Crippen LogP contribution in [0.15, 0.2) is 49.2 Å². The second kappa shape index (κ2) is 9.93. The number of nitrogens with one attached hydrogen (secondary N) is 1. The van der Waals surface area contributed by atoms with Gasteiger partial charge >= 0.3 is 6.18 Å². The van der Waals surface area contributed by atoms with Crippen LogP contribution in [-0.4, -0.2) is 39.1 Å². The van der Waals surface area contributed by atoms with Crippen molar-refractivity contribution in [1.82, 2.24) is 39.1 Å². The summed E-state index contributed by atoms with van der Waals surface area (Å²) in [4.78, 5) is 22.4. The number of benzene rings is 1. The second-order valence-corrected chi connectivity index (χ2v) is 10.7. The molecule has 2 fully saturated rings. The third kappa shape index (κ3) is 4.81. The Labute approximate surface area is 233 Å².